The van der Waals surface area contributed by atoms with Crippen molar-refractivity contribution in [1.29, 1.82) is 0 Å². The average Bonchev–Trinajstić information content (AvgIpc) is 2.84. The molecule has 112 valence electrons. The van der Waals surface area contributed by atoms with Crippen LogP contribution in [0.5, 0.6) is 0 Å². The molecule has 1 aromatic heterocycles. The Morgan fingerprint density at radius 3 is 2.19 bits per heavy atom. The second-order valence-electron chi connectivity index (χ2n) is 4.78. The third kappa shape index (κ3) is 3.24. The second-order valence-corrected chi connectivity index (χ2v) is 5.78. The molecule has 0 aliphatic carbocycles. The summed E-state index contributed by atoms with van der Waals surface area (Å²) in [6.45, 7) is 4.01. The molecule has 1 N–H and O–H groups in total. The van der Waals surface area contributed by atoms with Gasteiger partial charge in [0.2, 0.25) is 0 Å². The van der Waals surface area contributed by atoms with Crippen molar-refractivity contribution in [3.05, 3.63) is 40.4 Å². The van der Waals surface area contributed by atoms with Crippen molar-refractivity contribution in [3.63, 3.8) is 0 Å². The van der Waals surface area contributed by atoms with Gasteiger partial charge in [-0.3, -0.25) is 0 Å². The fourth-order valence-electron chi connectivity index (χ4n) is 1.79. The number of hydrogen-bond donors (Lipinski definition) is 1. The number of aromatic carboxylic acids is 1. The van der Waals surface area contributed by atoms with Crippen LogP contribution in [0.3, 0.4) is 0 Å². The first-order valence-corrected chi connectivity index (χ1v) is 6.93. The van der Waals surface area contributed by atoms with E-state index in [1.54, 1.807) is 24.3 Å². The Morgan fingerprint density at radius 2 is 1.81 bits per heavy atom. The van der Waals surface area contributed by atoms with Gasteiger partial charge in [0.1, 0.15) is 9.88 Å². The van der Waals surface area contributed by atoms with Gasteiger partial charge in [-0.25, -0.2) is 9.78 Å². The monoisotopic (exact) mass is 315 g/mol. The van der Waals surface area contributed by atoms with Gasteiger partial charge in [-0.05, 0) is 11.5 Å². The fraction of sp³-hybridized carbons (Fsp3) is 0.286. The molecule has 1 heterocycles. The average molecular weight is 315 g/mol. The molecule has 21 heavy (non-hydrogen) atoms. The molecule has 0 aliphatic heterocycles. The lowest BCUT2D eigenvalue weighted by Gasteiger charge is -2.05. The number of halogens is 3. The van der Waals surface area contributed by atoms with Gasteiger partial charge >= 0.3 is 12.1 Å². The van der Waals surface area contributed by atoms with Crippen LogP contribution < -0.4 is 0 Å². The molecule has 0 atom stereocenters. The lowest BCUT2D eigenvalue weighted by Crippen LogP contribution is -2.11. The summed E-state index contributed by atoms with van der Waals surface area (Å²) in [5.41, 5.74) is 0.176. The van der Waals surface area contributed by atoms with Crippen molar-refractivity contribution in [1.82, 2.24) is 4.98 Å². The summed E-state index contributed by atoms with van der Waals surface area (Å²) in [7, 11) is 0. The van der Waals surface area contributed by atoms with E-state index in [1.807, 2.05) is 13.8 Å². The summed E-state index contributed by atoms with van der Waals surface area (Å²) in [6, 6.07) is 6.91. The quantitative estimate of drug-likeness (QED) is 0.897. The maximum absolute atomic E-state index is 12.8. The van der Waals surface area contributed by atoms with E-state index in [2.05, 4.69) is 4.98 Å². The van der Waals surface area contributed by atoms with E-state index in [1.165, 1.54) is 0 Å². The molecule has 1 aromatic carbocycles. The summed E-state index contributed by atoms with van der Waals surface area (Å²) in [5.74, 6) is -1.32. The third-order valence-corrected chi connectivity index (χ3v) is 4.01. The Kier molecular flexibility index (Phi) is 4.04. The van der Waals surface area contributed by atoms with Crippen LogP contribution in [0.2, 0.25) is 0 Å². The molecule has 0 bridgehead atoms. The Balaban J connectivity index is 2.47. The van der Waals surface area contributed by atoms with Crippen molar-refractivity contribution in [2.45, 2.75) is 25.9 Å². The Hall–Kier alpha value is -1.89. The van der Waals surface area contributed by atoms with E-state index in [0.29, 0.717) is 22.8 Å². The number of aromatic nitrogens is 1. The van der Waals surface area contributed by atoms with Gasteiger partial charge in [0.05, 0.1) is 0 Å². The summed E-state index contributed by atoms with van der Waals surface area (Å²) < 4.78 is 38.4. The van der Waals surface area contributed by atoms with Crippen LogP contribution in [0.15, 0.2) is 24.3 Å². The Morgan fingerprint density at radius 1 is 1.24 bits per heavy atom. The van der Waals surface area contributed by atoms with Gasteiger partial charge in [-0.15, -0.1) is 11.3 Å². The molecule has 0 spiro atoms. The Bertz CT molecular complexity index is 660. The number of thiazole rings is 1. The number of carboxylic acid groups (broad SMARTS) is 1. The molecule has 7 heteroatoms. The standard InChI is InChI=1S/C14H12F3NO2S/c1-7(2)8-3-5-9(6-4-8)12-18-11(14(15,16)17)10(21-12)13(19)20/h3-7H,1-2H3,(H,19,20). The summed E-state index contributed by atoms with van der Waals surface area (Å²) in [4.78, 5) is 13.6. The number of hydrogen-bond acceptors (Lipinski definition) is 3. The lowest BCUT2D eigenvalue weighted by molar-refractivity contribution is -0.141. The normalized spacial score (nSPS) is 11.9. The van der Waals surface area contributed by atoms with E-state index in [-0.39, 0.29) is 5.01 Å². The minimum absolute atomic E-state index is 0.0510. The number of carbonyl (C=O) groups is 1. The molecule has 0 aliphatic rings. The lowest BCUT2D eigenvalue weighted by atomic mass is 10.0. The van der Waals surface area contributed by atoms with Crippen LogP contribution in [-0.4, -0.2) is 16.1 Å². The highest BCUT2D eigenvalue weighted by molar-refractivity contribution is 7.17. The van der Waals surface area contributed by atoms with Gasteiger partial charge in [0.25, 0.3) is 0 Å². The largest absolute Gasteiger partial charge is 0.477 e. The zero-order chi connectivity index (χ0) is 15.8. The number of rotatable bonds is 3. The first-order valence-electron chi connectivity index (χ1n) is 6.11. The van der Waals surface area contributed by atoms with E-state index >= 15 is 0 Å². The molecule has 0 radical (unpaired) electrons. The maximum Gasteiger partial charge on any atom is 0.435 e. The van der Waals surface area contributed by atoms with E-state index in [9.17, 15) is 18.0 Å². The topological polar surface area (TPSA) is 50.2 Å². The highest BCUT2D eigenvalue weighted by Gasteiger charge is 2.39. The molecule has 2 rings (SSSR count). The van der Waals surface area contributed by atoms with Gasteiger partial charge in [0.15, 0.2) is 5.69 Å². The SMILES string of the molecule is CC(C)c1ccc(-c2nc(C(F)(F)F)c(C(=O)O)s2)cc1. The van der Waals surface area contributed by atoms with Gasteiger partial charge in [-0.1, -0.05) is 38.1 Å². The zero-order valence-electron chi connectivity index (χ0n) is 11.2. The number of alkyl halides is 3. The van der Waals surface area contributed by atoms with Crippen LogP contribution in [0.25, 0.3) is 10.6 Å². The molecular formula is C14H12F3NO2S. The first-order chi connectivity index (χ1) is 9.70. The molecule has 0 saturated heterocycles. The number of nitrogens with zero attached hydrogens (tertiary/aromatic N) is 1. The van der Waals surface area contributed by atoms with Crippen LogP contribution in [-0.2, 0) is 6.18 Å². The van der Waals surface area contributed by atoms with Gasteiger partial charge in [-0.2, -0.15) is 13.2 Å². The molecule has 3 nitrogen and oxygen atoms in total. The predicted octanol–water partition coefficient (Wildman–Crippen LogP) is 4.65. The van der Waals surface area contributed by atoms with E-state index in [0.717, 1.165) is 5.56 Å². The molecule has 0 fully saturated rings. The van der Waals surface area contributed by atoms with Crippen LogP contribution in [0.4, 0.5) is 13.2 Å². The van der Waals surface area contributed by atoms with Crippen molar-refractivity contribution in [3.8, 4) is 10.6 Å². The van der Waals surface area contributed by atoms with Crippen molar-refractivity contribution in [2.24, 2.45) is 0 Å². The fourth-order valence-corrected chi connectivity index (χ4v) is 2.72. The smallest absolute Gasteiger partial charge is 0.435 e. The minimum Gasteiger partial charge on any atom is -0.477 e. The van der Waals surface area contributed by atoms with Crippen molar-refractivity contribution < 1.29 is 23.1 Å². The van der Waals surface area contributed by atoms with E-state index < -0.39 is 22.7 Å². The van der Waals surface area contributed by atoms with Crippen molar-refractivity contribution >= 4 is 17.3 Å². The highest BCUT2D eigenvalue weighted by Crippen LogP contribution is 2.37. The summed E-state index contributed by atoms with van der Waals surface area (Å²) in [6.07, 6.45) is -4.78. The third-order valence-electron chi connectivity index (χ3n) is 2.91. The van der Waals surface area contributed by atoms with Gasteiger partial charge < -0.3 is 5.11 Å². The number of carboxylic acids is 1. The van der Waals surface area contributed by atoms with Gasteiger partial charge in [0, 0.05) is 5.56 Å². The predicted molar refractivity (Wildman–Crippen MR) is 73.6 cm³/mol. The summed E-state index contributed by atoms with van der Waals surface area (Å²) in [5, 5.41) is 8.93. The summed E-state index contributed by atoms with van der Waals surface area (Å²) >= 11 is 0.531. The molecule has 0 amide bonds. The maximum atomic E-state index is 12.8. The van der Waals surface area contributed by atoms with Crippen LogP contribution in [0, 0.1) is 0 Å². The first kappa shape index (κ1) is 15.5. The molecular weight excluding hydrogens is 303 g/mol. The van der Waals surface area contributed by atoms with Crippen LogP contribution >= 0.6 is 11.3 Å². The van der Waals surface area contributed by atoms with E-state index in [4.69, 9.17) is 5.11 Å². The molecule has 2 aromatic rings. The molecule has 0 unspecified atom stereocenters. The highest BCUT2D eigenvalue weighted by atomic mass is 32.1. The van der Waals surface area contributed by atoms with Crippen LogP contribution in [0.1, 0.15) is 40.7 Å². The minimum atomic E-state index is -4.78. The Labute approximate surface area is 123 Å². The molecule has 0 saturated carbocycles. The van der Waals surface area contributed by atoms with Crippen molar-refractivity contribution in [2.75, 3.05) is 0 Å². The number of benzene rings is 1. The zero-order valence-corrected chi connectivity index (χ0v) is 12.0. The second kappa shape index (κ2) is 5.48.